The highest BCUT2D eigenvalue weighted by Gasteiger charge is 2.30. The molecule has 3 unspecified atom stereocenters. The first kappa shape index (κ1) is 58.4. The Kier molecular flexibility index (Phi) is 20.2. The predicted octanol–water partition coefficient (Wildman–Crippen LogP) is 22.4. The molecule has 0 bridgehead atoms. The van der Waals surface area contributed by atoms with Crippen LogP contribution in [-0.2, 0) is 38.5 Å². The second-order valence-electron chi connectivity index (χ2n) is 26.1. The fraction of sp³-hybridized carbons (Fsp3) is 0.365. The third kappa shape index (κ3) is 15.2. The Morgan fingerprint density at radius 2 is 0.718 bits per heavy atom. The Labute approximate surface area is 513 Å². The van der Waals surface area contributed by atoms with Gasteiger partial charge < -0.3 is 0 Å². The number of hydrogen-bond donors (Lipinski definition) is 0. The molecule has 3 aromatic carbocycles. The first-order valence-electron chi connectivity index (χ1n) is 33.8. The second-order valence-corrected chi connectivity index (χ2v) is 26.1. The number of rotatable bonds is 19. The number of unbranched alkanes of at least 4 members (excludes halogenated alkanes) is 2. The molecule has 0 heterocycles. The highest BCUT2D eigenvalue weighted by molar-refractivity contribution is 5.63. The molecule has 0 aliphatic heterocycles. The summed E-state index contributed by atoms with van der Waals surface area (Å²) in [5, 5.41) is 0. The first-order valence-corrected chi connectivity index (χ1v) is 33.8. The highest BCUT2D eigenvalue weighted by Crippen LogP contribution is 2.44. The van der Waals surface area contributed by atoms with E-state index in [1.54, 1.807) is 0 Å². The van der Waals surface area contributed by atoms with Gasteiger partial charge in [-0.15, -0.1) is 0 Å². The lowest BCUT2D eigenvalue weighted by atomic mass is 9.78. The lowest BCUT2D eigenvalue weighted by Crippen LogP contribution is -2.12. The molecule has 3 atom stereocenters. The van der Waals surface area contributed by atoms with Crippen LogP contribution in [0.2, 0.25) is 0 Å². The van der Waals surface area contributed by atoms with Gasteiger partial charge in [-0.3, -0.25) is 0 Å². The van der Waals surface area contributed by atoms with E-state index in [2.05, 4.69) is 226 Å². The molecular formula is C85H94. The molecule has 14 rings (SSSR count). The van der Waals surface area contributed by atoms with E-state index in [4.69, 9.17) is 0 Å². The fourth-order valence-electron chi connectivity index (χ4n) is 15.2. The summed E-state index contributed by atoms with van der Waals surface area (Å²) >= 11 is 0. The van der Waals surface area contributed by atoms with Gasteiger partial charge in [-0.1, -0.05) is 296 Å². The summed E-state index contributed by atoms with van der Waals surface area (Å²) in [5.74, 6) is 3.28. The van der Waals surface area contributed by atoms with Crippen molar-refractivity contribution in [2.45, 2.75) is 167 Å². The summed E-state index contributed by atoms with van der Waals surface area (Å²) < 4.78 is 0. The molecule has 0 N–H and O–H groups in total. The summed E-state index contributed by atoms with van der Waals surface area (Å²) in [6.45, 7) is 2.27. The van der Waals surface area contributed by atoms with Crippen LogP contribution in [0.25, 0.3) is 0 Å². The molecule has 0 nitrogen and oxygen atoms in total. The fourth-order valence-corrected chi connectivity index (χ4v) is 15.2. The zero-order valence-electron chi connectivity index (χ0n) is 51.3. The SMILES string of the molecule is C1=CC2C(C3=CCC=C3)=CC=C(Cc3ccc(CCC4CCCC4)cc3)C2=C1.C1=CC2C(C3=CCCC=C3)=CC=C(Cc3ccc(CCC4CCCCC4)cc3)C2=C1.CCCCCc1ccc(CC2=CC=C(C3=CCCC=C3)C3C=CC=C23)cc1. The monoisotopic (exact) mass is 1110 g/mol. The largest absolute Gasteiger partial charge is 0.0836 e. The third-order valence-corrected chi connectivity index (χ3v) is 20.2. The Hall–Kier alpha value is -7.02. The molecule has 0 saturated heterocycles. The van der Waals surface area contributed by atoms with E-state index in [9.17, 15) is 0 Å². The normalized spacial score (nSPS) is 22.6. The van der Waals surface area contributed by atoms with Crippen LogP contribution in [0.4, 0.5) is 0 Å². The van der Waals surface area contributed by atoms with Crippen molar-refractivity contribution < 1.29 is 0 Å². The number of hydrogen-bond acceptors (Lipinski definition) is 0. The van der Waals surface area contributed by atoms with Crippen LogP contribution in [0.3, 0.4) is 0 Å². The van der Waals surface area contributed by atoms with E-state index in [1.165, 1.54) is 235 Å². The van der Waals surface area contributed by atoms with Gasteiger partial charge in [0.15, 0.2) is 0 Å². The van der Waals surface area contributed by atoms with Crippen LogP contribution < -0.4 is 0 Å². The molecular weight excluding hydrogens is 1020 g/mol. The first-order chi connectivity index (χ1) is 42.1. The van der Waals surface area contributed by atoms with Crippen molar-refractivity contribution in [3.05, 3.63) is 319 Å². The molecule has 0 heteroatoms. The topological polar surface area (TPSA) is 0 Å². The quantitative estimate of drug-likeness (QED) is 0.105. The van der Waals surface area contributed by atoms with Crippen molar-refractivity contribution in [3.63, 3.8) is 0 Å². The minimum atomic E-state index is 0.437. The van der Waals surface area contributed by atoms with Crippen molar-refractivity contribution in [2.75, 3.05) is 0 Å². The Morgan fingerprint density at radius 1 is 0.341 bits per heavy atom. The highest BCUT2D eigenvalue weighted by atomic mass is 14.3. The Morgan fingerprint density at radius 3 is 1.09 bits per heavy atom. The average Bonchev–Trinajstić information content (AvgIpc) is 4.54. The molecule has 11 aliphatic rings. The van der Waals surface area contributed by atoms with Gasteiger partial charge in [-0.2, -0.15) is 0 Å². The predicted molar refractivity (Wildman–Crippen MR) is 364 cm³/mol. The van der Waals surface area contributed by atoms with Gasteiger partial charge in [-0.05, 0) is 202 Å². The lowest BCUT2D eigenvalue weighted by Gasteiger charge is -2.26. The van der Waals surface area contributed by atoms with Crippen molar-refractivity contribution in [3.8, 4) is 0 Å². The molecule has 11 aliphatic carbocycles. The van der Waals surface area contributed by atoms with E-state index < -0.39 is 0 Å². The third-order valence-electron chi connectivity index (χ3n) is 20.2. The van der Waals surface area contributed by atoms with Crippen LogP contribution in [0, 0.1) is 29.6 Å². The molecule has 434 valence electrons. The van der Waals surface area contributed by atoms with Gasteiger partial charge in [0.1, 0.15) is 0 Å². The van der Waals surface area contributed by atoms with Crippen molar-refractivity contribution >= 4 is 0 Å². The van der Waals surface area contributed by atoms with Crippen LogP contribution in [-0.4, -0.2) is 0 Å². The molecule has 0 aromatic heterocycles. The van der Waals surface area contributed by atoms with Crippen LogP contribution in [0.1, 0.15) is 162 Å². The maximum atomic E-state index is 2.40. The van der Waals surface area contributed by atoms with Gasteiger partial charge in [0.25, 0.3) is 0 Å². The van der Waals surface area contributed by atoms with Gasteiger partial charge in [0, 0.05) is 17.8 Å². The molecule has 0 spiro atoms. The molecule has 2 saturated carbocycles. The average molecular weight is 1120 g/mol. The van der Waals surface area contributed by atoms with E-state index >= 15 is 0 Å². The molecule has 3 aromatic rings. The smallest absolute Gasteiger partial charge is 0.0281 e. The Balaban J connectivity index is 0.000000125. The maximum absolute atomic E-state index is 2.40. The molecule has 2 fully saturated rings. The van der Waals surface area contributed by atoms with E-state index in [-0.39, 0.29) is 0 Å². The summed E-state index contributed by atoms with van der Waals surface area (Å²) in [6, 6.07) is 28.2. The number of benzene rings is 3. The van der Waals surface area contributed by atoms with E-state index in [0.717, 1.165) is 37.5 Å². The number of allylic oxidation sites excluding steroid dienone is 36. The summed E-state index contributed by atoms with van der Waals surface area (Å²) in [7, 11) is 0. The van der Waals surface area contributed by atoms with Gasteiger partial charge in [0.2, 0.25) is 0 Å². The number of fused-ring (bicyclic) bond motifs is 3. The van der Waals surface area contributed by atoms with Crippen LogP contribution in [0.5, 0.6) is 0 Å². The van der Waals surface area contributed by atoms with Crippen molar-refractivity contribution in [2.24, 2.45) is 29.6 Å². The molecule has 0 radical (unpaired) electrons. The van der Waals surface area contributed by atoms with Crippen LogP contribution >= 0.6 is 0 Å². The van der Waals surface area contributed by atoms with Gasteiger partial charge in [-0.25, -0.2) is 0 Å². The Bertz CT molecular complexity index is 3420. The van der Waals surface area contributed by atoms with Crippen molar-refractivity contribution in [1.82, 2.24) is 0 Å². The minimum Gasteiger partial charge on any atom is -0.0836 e. The van der Waals surface area contributed by atoms with Gasteiger partial charge >= 0.3 is 0 Å². The van der Waals surface area contributed by atoms with Crippen molar-refractivity contribution in [1.29, 1.82) is 0 Å². The molecule has 85 heavy (non-hydrogen) atoms. The standard InChI is InChI=1S/C30H34.C28H30.C27H30/c1-3-8-23(9-4-1)14-15-24-16-18-25(19-17-24)22-27-20-21-29(26-10-5-2-6-11-26)30-13-7-12-28(27)30;1-2-7-21(6-1)12-13-22-14-16-23(17-15-22)20-25-18-19-27(24-8-3-4-9-24)28-11-5-10-26(25)28;1-2-3-5-9-21-14-16-22(17-15-21)20-24-18-19-26(23-10-6-4-7-11-23)27-13-8-12-25(24)27/h5,7,10-13,16-21,23,30H,1-4,6,8-9,14-15,22H2;3,5,8-11,14-19,21,28H,1-2,4,6-7,12-13,20H2;6,8,10-19,27H,2-5,7,9,20H2,1H3. The summed E-state index contributed by atoms with van der Waals surface area (Å²) in [4.78, 5) is 0. The summed E-state index contributed by atoms with van der Waals surface area (Å²) in [6.07, 6.45) is 88.1. The second kappa shape index (κ2) is 29.4. The zero-order chi connectivity index (χ0) is 57.4. The lowest BCUT2D eigenvalue weighted by molar-refractivity contribution is 0.339. The molecule has 0 amide bonds. The zero-order valence-corrected chi connectivity index (χ0v) is 51.3. The maximum Gasteiger partial charge on any atom is 0.0281 e. The number of aryl methyl sites for hydroxylation is 3. The van der Waals surface area contributed by atoms with E-state index in [0.29, 0.717) is 17.8 Å². The summed E-state index contributed by atoms with van der Waals surface area (Å²) in [5.41, 5.74) is 26.3. The van der Waals surface area contributed by atoms with E-state index in [1.807, 2.05) is 0 Å². The minimum absolute atomic E-state index is 0.437. The van der Waals surface area contributed by atoms with Gasteiger partial charge in [0.05, 0.1) is 0 Å². The van der Waals surface area contributed by atoms with Crippen LogP contribution in [0.15, 0.2) is 285 Å².